The number of benzene rings is 4. The van der Waals surface area contributed by atoms with Crippen LogP contribution in [0.3, 0.4) is 0 Å². The first-order valence-electron chi connectivity index (χ1n) is 16.8. The Kier molecular flexibility index (Phi) is 80.7. The number of hydrogen-bond acceptors (Lipinski definition) is 8. The molecule has 0 aliphatic rings. The van der Waals surface area contributed by atoms with Crippen LogP contribution < -0.4 is 24.6 Å². The minimum atomic E-state index is 0. The third kappa shape index (κ3) is 37.0. The normalized spacial score (nSPS) is 6.79. The van der Waals surface area contributed by atoms with Crippen LogP contribution in [0.25, 0.3) is 0 Å². The molecule has 12 N–H and O–H groups in total. The maximum atomic E-state index is 8.56. The van der Waals surface area contributed by atoms with Gasteiger partial charge in [-0.1, -0.05) is 133 Å². The summed E-state index contributed by atoms with van der Waals surface area (Å²) in [7, 11) is 0. The van der Waals surface area contributed by atoms with Crippen LogP contribution in [0.15, 0.2) is 72.8 Å². The third-order valence-corrected chi connectivity index (χ3v) is 6.28. The standard InChI is InChI=1S/4C9H9N.4C2H6.4CH4.4H3N/c2*1-7-3-4-9(6-10)5-8(7)2;2*1-7-3-4-9(6-10)8(2)5-7;4*1-2;;;;;;;;/h4*3-5H,1-2H3;4*1-2H3;4*1H4;4*1H3. The van der Waals surface area contributed by atoms with Crippen LogP contribution in [0, 0.1) is 101 Å². The Labute approximate surface area is 349 Å². The van der Waals surface area contributed by atoms with E-state index < -0.39 is 0 Å². The Bertz CT molecular complexity index is 1510. The lowest BCUT2D eigenvalue weighted by molar-refractivity contribution is 1.32. The van der Waals surface area contributed by atoms with Crippen LogP contribution in [-0.4, -0.2) is 0 Å². The van der Waals surface area contributed by atoms with E-state index in [2.05, 4.69) is 24.3 Å². The van der Waals surface area contributed by atoms with Crippen LogP contribution in [0.1, 0.15) is 152 Å². The van der Waals surface area contributed by atoms with Gasteiger partial charge in [0, 0.05) is 0 Å². The van der Waals surface area contributed by atoms with Crippen molar-refractivity contribution < 1.29 is 0 Å². The summed E-state index contributed by atoms with van der Waals surface area (Å²) in [4.78, 5) is 0. The monoisotopic (exact) mass is 777 g/mol. The Balaban J connectivity index is -0.0000000415. The van der Waals surface area contributed by atoms with Gasteiger partial charge < -0.3 is 24.6 Å². The number of hydrogen-bond donors (Lipinski definition) is 4. The highest BCUT2D eigenvalue weighted by molar-refractivity contribution is 5.40. The van der Waals surface area contributed by atoms with Gasteiger partial charge in [-0.3, -0.25) is 0 Å². The van der Waals surface area contributed by atoms with Crippen molar-refractivity contribution in [3.05, 3.63) is 140 Å². The molecule has 0 radical (unpaired) electrons. The molecule has 0 saturated carbocycles. The summed E-state index contributed by atoms with van der Waals surface area (Å²) in [5.41, 5.74) is 12.4. The van der Waals surface area contributed by atoms with Crippen LogP contribution in [0.2, 0.25) is 0 Å². The molecule has 0 atom stereocenters. The predicted octanol–water partition coefficient (Wildman–Crippen LogP) is 16.0. The van der Waals surface area contributed by atoms with Crippen molar-refractivity contribution in [3.63, 3.8) is 0 Å². The molecule has 0 unspecified atom stereocenters. The van der Waals surface area contributed by atoms with Crippen LogP contribution in [0.4, 0.5) is 0 Å². The minimum absolute atomic E-state index is 0. The van der Waals surface area contributed by atoms with E-state index in [1.807, 2.05) is 184 Å². The molecular formula is C48H88N8. The van der Waals surface area contributed by atoms with Crippen LogP contribution in [0.5, 0.6) is 0 Å². The van der Waals surface area contributed by atoms with E-state index in [9.17, 15) is 0 Å². The lowest BCUT2D eigenvalue weighted by Gasteiger charge is -1.96. The number of rotatable bonds is 0. The molecule has 0 heterocycles. The lowest BCUT2D eigenvalue weighted by Crippen LogP contribution is -1.81. The molecule has 0 fully saturated rings. The van der Waals surface area contributed by atoms with Gasteiger partial charge in [0.15, 0.2) is 0 Å². The number of nitriles is 4. The van der Waals surface area contributed by atoms with E-state index in [0.717, 1.165) is 33.4 Å². The molecule has 0 aromatic heterocycles. The van der Waals surface area contributed by atoms with E-state index in [1.165, 1.54) is 33.4 Å². The predicted molar refractivity (Wildman–Crippen MR) is 255 cm³/mol. The molecule has 4 aromatic rings. The first-order chi connectivity index (χ1) is 22.9. The molecule has 4 aromatic carbocycles. The summed E-state index contributed by atoms with van der Waals surface area (Å²) in [6, 6.07) is 31.5. The minimum Gasteiger partial charge on any atom is -0.344 e. The Morgan fingerprint density at radius 1 is 0.304 bits per heavy atom. The quantitative estimate of drug-likeness (QED) is 0.134. The summed E-state index contributed by atoms with van der Waals surface area (Å²) in [5, 5.41) is 34.1. The van der Waals surface area contributed by atoms with Gasteiger partial charge in [-0.05, 0) is 125 Å². The maximum absolute atomic E-state index is 8.56. The summed E-state index contributed by atoms with van der Waals surface area (Å²) in [6.07, 6.45) is 0. The Morgan fingerprint density at radius 3 is 0.732 bits per heavy atom. The van der Waals surface area contributed by atoms with Crippen LogP contribution >= 0.6 is 0 Å². The van der Waals surface area contributed by atoms with Crippen molar-refractivity contribution in [1.29, 1.82) is 21.0 Å². The highest BCUT2D eigenvalue weighted by Crippen LogP contribution is 2.10. The molecule has 0 amide bonds. The molecule has 320 valence electrons. The summed E-state index contributed by atoms with van der Waals surface area (Å²) >= 11 is 0. The van der Waals surface area contributed by atoms with Crippen molar-refractivity contribution in [2.45, 2.75) is 140 Å². The van der Waals surface area contributed by atoms with Gasteiger partial charge in [0.25, 0.3) is 0 Å². The van der Waals surface area contributed by atoms with Crippen LogP contribution in [-0.2, 0) is 0 Å². The van der Waals surface area contributed by atoms with E-state index in [1.54, 1.807) is 0 Å². The average molecular weight is 777 g/mol. The van der Waals surface area contributed by atoms with Crippen molar-refractivity contribution in [1.82, 2.24) is 24.6 Å². The van der Waals surface area contributed by atoms with Gasteiger partial charge in [-0.2, -0.15) is 21.0 Å². The van der Waals surface area contributed by atoms with Gasteiger partial charge in [-0.15, -0.1) is 0 Å². The maximum Gasteiger partial charge on any atom is 0.0994 e. The molecule has 0 saturated heterocycles. The van der Waals surface area contributed by atoms with E-state index in [4.69, 9.17) is 21.0 Å². The molecule has 8 heteroatoms. The summed E-state index contributed by atoms with van der Waals surface area (Å²) in [5.74, 6) is 0. The summed E-state index contributed by atoms with van der Waals surface area (Å²) < 4.78 is 0. The van der Waals surface area contributed by atoms with E-state index >= 15 is 0 Å². The van der Waals surface area contributed by atoms with E-state index in [0.29, 0.717) is 0 Å². The van der Waals surface area contributed by atoms with E-state index in [-0.39, 0.29) is 54.3 Å². The average Bonchev–Trinajstić information content (AvgIpc) is 3.12. The molecule has 0 spiro atoms. The first-order valence-corrected chi connectivity index (χ1v) is 16.8. The van der Waals surface area contributed by atoms with Crippen molar-refractivity contribution in [2.24, 2.45) is 0 Å². The zero-order valence-electron chi connectivity index (χ0n) is 35.5. The zero-order valence-corrected chi connectivity index (χ0v) is 35.5. The Morgan fingerprint density at radius 2 is 0.554 bits per heavy atom. The fourth-order valence-electron chi connectivity index (χ4n) is 3.50. The zero-order chi connectivity index (χ0) is 38.2. The third-order valence-electron chi connectivity index (χ3n) is 6.28. The van der Waals surface area contributed by atoms with Crippen molar-refractivity contribution in [2.75, 3.05) is 0 Å². The van der Waals surface area contributed by atoms with Gasteiger partial charge in [-0.25, -0.2) is 0 Å². The molecule has 56 heavy (non-hydrogen) atoms. The van der Waals surface area contributed by atoms with Gasteiger partial charge in [0.05, 0.1) is 46.5 Å². The molecule has 8 nitrogen and oxygen atoms in total. The molecule has 4 rings (SSSR count). The van der Waals surface area contributed by atoms with Gasteiger partial charge in [0.2, 0.25) is 0 Å². The Hall–Kier alpha value is -5.32. The number of aryl methyl sites for hydroxylation is 8. The van der Waals surface area contributed by atoms with Gasteiger partial charge in [0.1, 0.15) is 0 Å². The summed E-state index contributed by atoms with van der Waals surface area (Å²) in [6.45, 7) is 32.0. The number of nitrogens with zero attached hydrogens (tertiary/aromatic N) is 4. The SMILES string of the molecule is C.C.C.C.CC.CC.CC.CC.Cc1ccc(C#N)c(C)c1.Cc1ccc(C#N)c(C)c1.Cc1ccc(C#N)cc1C.Cc1ccc(C#N)cc1C.N.N.N.N. The fourth-order valence-corrected chi connectivity index (χ4v) is 3.50. The second-order valence-corrected chi connectivity index (χ2v) is 9.68. The highest BCUT2D eigenvalue weighted by atomic mass is 14.2. The van der Waals surface area contributed by atoms with Gasteiger partial charge >= 0.3 is 0 Å². The molecule has 0 aliphatic heterocycles. The second kappa shape index (κ2) is 54.0. The highest BCUT2D eigenvalue weighted by Gasteiger charge is 1.95. The molecule has 0 aliphatic carbocycles. The topological polar surface area (TPSA) is 235 Å². The van der Waals surface area contributed by atoms with Crippen molar-refractivity contribution >= 4 is 0 Å². The fraction of sp³-hybridized carbons (Fsp3) is 0.417. The van der Waals surface area contributed by atoms with Crippen molar-refractivity contribution in [3.8, 4) is 24.3 Å². The molecule has 0 bridgehead atoms. The second-order valence-electron chi connectivity index (χ2n) is 9.68. The smallest absolute Gasteiger partial charge is 0.0994 e. The molecular weight excluding hydrogens is 689 g/mol. The lowest BCUT2D eigenvalue weighted by atomic mass is 10.1. The first kappa shape index (κ1) is 83.6. The largest absolute Gasteiger partial charge is 0.344 e.